The van der Waals surface area contributed by atoms with Gasteiger partial charge in [0.2, 0.25) is 0 Å². The molecule has 0 bridgehead atoms. The molecule has 0 fully saturated rings. The lowest BCUT2D eigenvalue weighted by Gasteiger charge is -2.34. The van der Waals surface area contributed by atoms with Gasteiger partial charge in [0.1, 0.15) is 24.4 Å². The number of aliphatic hydroxyl groups excluding tert-OH is 5. The molecular formula is C17H27NO6S2. The summed E-state index contributed by atoms with van der Waals surface area (Å²) in [4.78, 5) is 12.3. The highest BCUT2D eigenvalue weighted by Gasteiger charge is 2.39. The average molecular weight is 406 g/mol. The second kappa shape index (κ2) is 11.1. The number of hydrogen-bond donors (Lipinski definition) is 6. The number of nitrogens with one attached hydrogen (secondary N) is 1. The molecule has 1 rings (SSSR count). The topological polar surface area (TPSA) is 130 Å². The smallest absolute Gasteiger partial charge is 0.251 e. The Morgan fingerprint density at radius 3 is 1.85 bits per heavy atom. The van der Waals surface area contributed by atoms with Crippen LogP contribution in [0, 0.1) is 0 Å². The van der Waals surface area contributed by atoms with Gasteiger partial charge in [-0.15, -0.1) is 23.5 Å². The van der Waals surface area contributed by atoms with Gasteiger partial charge in [-0.3, -0.25) is 4.79 Å². The van der Waals surface area contributed by atoms with Crippen LogP contribution in [0.5, 0.6) is 0 Å². The van der Waals surface area contributed by atoms with Crippen molar-refractivity contribution < 1.29 is 30.3 Å². The highest BCUT2D eigenvalue weighted by molar-refractivity contribution is 8.16. The lowest BCUT2D eigenvalue weighted by atomic mass is 9.95. The second-order valence-corrected chi connectivity index (χ2v) is 8.16. The normalized spacial score (nSPS) is 18.7. The Bertz CT molecular complexity index is 543. The van der Waals surface area contributed by atoms with Crippen LogP contribution < -0.4 is 5.32 Å². The molecule has 0 spiro atoms. The zero-order chi connectivity index (χ0) is 19.9. The van der Waals surface area contributed by atoms with Gasteiger partial charge in [-0.2, -0.15) is 0 Å². The fraction of sp³-hybridized carbons (Fsp3) is 0.588. The van der Waals surface area contributed by atoms with Gasteiger partial charge in [-0.25, -0.2) is 0 Å². The van der Waals surface area contributed by atoms with Gasteiger partial charge in [-0.05, 0) is 31.6 Å². The molecule has 7 nitrogen and oxygen atoms in total. The zero-order valence-electron chi connectivity index (χ0n) is 14.9. The van der Waals surface area contributed by atoms with Crippen molar-refractivity contribution >= 4 is 29.4 Å². The highest BCUT2D eigenvalue weighted by atomic mass is 32.2. The third-order valence-electron chi connectivity index (χ3n) is 4.01. The Hall–Kier alpha value is -0.810. The maximum absolute atomic E-state index is 12.3. The summed E-state index contributed by atoms with van der Waals surface area (Å²) in [6.45, 7) is 1.35. The van der Waals surface area contributed by atoms with Crippen molar-refractivity contribution in [1.82, 2.24) is 5.32 Å². The largest absolute Gasteiger partial charge is 0.391 e. The molecule has 0 saturated carbocycles. The molecule has 6 unspecified atom stereocenters. The molecule has 0 radical (unpaired) electrons. The number of rotatable bonds is 10. The Morgan fingerprint density at radius 2 is 1.38 bits per heavy atom. The van der Waals surface area contributed by atoms with Crippen LogP contribution in [-0.2, 0) is 0 Å². The molecule has 9 heteroatoms. The van der Waals surface area contributed by atoms with Crippen LogP contribution in [0.3, 0.4) is 0 Å². The molecule has 1 aromatic carbocycles. The van der Waals surface area contributed by atoms with E-state index in [1.165, 1.54) is 30.4 Å². The van der Waals surface area contributed by atoms with E-state index in [9.17, 15) is 30.3 Å². The number of thioether (sulfide) groups is 2. The van der Waals surface area contributed by atoms with Crippen molar-refractivity contribution in [1.29, 1.82) is 0 Å². The molecule has 0 aromatic heterocycles. The maximum atomic E-state index is 12.3. The minimum Gasteiger partial charge on any atom is -0.391 e. The molecule has 6 N–H and O–H groups in total. The van der Waals surface area contributed by atoms with Gasteiger partial charge >= 0.3 is 0 Å². The number of benzene rings is 1. The standard InChI is InChI=1S/C17H27NO6S2/c1-9(19)11(18-16(24)10-7-5-4-6-8-10)12(20)13(21)14(22)15(23)17(25-2)26-3/h4-9,11-15,17,19-23H,1-3H3,(H,18,24). The van der Waals surface area contributed by atoms with Gasteiger partial charge in [-0.1, -0.05) is 18.2 Å². The van der Waals surface area contributed by atoms with Crippen LogP contribution in [-0.4, -0.2) is 85.1 Å². The highest BCUT2D eigenvalue weighted by Crippen LogP contribution is 2.26. The van der Waals surface area contributed by atoms with Crippen LogP contribution in [0.25, 0.3) is 0 Å². The summed E-state index contributed by atoms with van der Waals surface area (Å²) in [6.07, 6.45) is -4.10. The van der Waals surface area contributed by atoms with E-state index < -0.39 is 47.1 Å². The molecule has 1 aromatic rings. The lowest BCUT2D eigenvalue weighted by molar-refractivity contribution is -0.117. The third-order valence-corrected chi connectivity index (χ3v) is 6.66. The zero-order valence-corrected chi connectivity index (χ0v) is 16.5. The monoisotopic (exact) mass is 405 g/mol. The summed E-state index contributed by atoms with van der Waals surface area (Å²) in [5, 5.41) is 53.4. The summed E-state index contributed by atoms with van der Waals surface area (Å²) in [7, 11) is 0. The molecule has 0 saturated heterocycles. The molecule has 1 amide bonds. The molecule has 148 valence electrons. The van der Waals surface area contributed by atoms with E-state index in [0.29, 0.717) is 5.56 Å². The van der Waals surface area contributed by atoms with Gasteiger partial charge in [0, 0.05) is 5.56 Å². The number of hydrogen-bond acceptors (Lipinski definition) is 8. The molecule has 0 heterocycles. The Balaban J connectivity index is 2.86. The number of carbonyl (C=O) groups is 1. The van der Waals surface area contributed by atoms with Crippen molar-refractivity contribution in [2.45, 2.75) is 48.1 Å². The number of carbonyl (C=O) groups excluding carboxylic acids is 1. The molecular weight excluding hydrogens is 378 g/mol. The molecule has 26 heavy (non-hydrogen) atoms. The fourth-order valence-electron chi connectivity index (χ4n) is 2.47. The Kier molecular flexibility index (Phi) is 9.94. The predicted molar refractivity (Wildman–Crippen MR) is 104 cm³/mol. The van der Waals surface area contributed by atoms with Crippen molar-refractivity contribution in [2.75, 3.05) is 12.5 Å². The molecule has 6 atom stereocenters. The van der Waals surface area contributed by atoms with Crippen LogP contribution in [0.2, 0.25) is 0 Å². The van der Waals surface area contributed by atoms with Gasteiger partial charge in [0.15, 0.2) is 0 Å². The summed E-state index contributed by atoms with van der Waals surface area (Å²) in [5.41, 5.74) is 0.324. The molecule has 0 aliphatic heterocycles. The quantitative estimate of drug-likeness (QED) is 0.292. The minimum atomic E-state index is -1.76. The van der Waals surface area contributed by atoms with E-state index in [-0.39, 0.29) is 0 Å². The summed E-state index contributed by atoms with van der Waals surface area (Å²) < 4.78 is -0.407. The average Bonchev–Trinajstić information content (AvgIpc) is 2.65. The van der Waals surface area contributed by atoms with Crippen LogP contribution >= 0.6 is 23.5 Å². The van der Waals surface area contributed by atoms with E-state index in [4.69, 9.17) is 0 Å². The maximum Gasteiger partial charge on any atom is 0.251 e. The van der Waals surface area contributed by atoms with Crippen LogP contribution in [0.15, 0.2) is 30.3 Å². The SMILES string of the molecule is CSC(SC)C(O)C(O)C(O)C(O)C(NC(=O)c1ccccc1)C(C)O. The third kappa shape index (κ3) is 6.12. The van der Waals surface area contributed by atoms with E-state index in [1.54, 1.807) is 42.8 Å². The lowest BCUT2D eigenvalue weighted by Crippen LogP contribution is -2.58. The number of aliphatic hydroxyl groups is 5. The first-order chi connectivity index (χ1) is 12.2. The first-order valence-corrected chi connectivity index (χ1v) is 10.6. The van der Waals surface area contributed by atoms with Gasteiger partial charge in [0.25, 0.3) is 5.91 Å². The summed E-state index contributed by atoms with van der Waals surface area (Å²) in [5.74, 6) is -0.538. The van der Waals surface area contributed by atoms with Gasteiger partial charge < -0.3 is 30.8 Å². The first-order valence-electron chi connectivity index (χ1n) is 8.06. The van der Waals surface area contributed by atoms with Gasteiger partial charge in [0.05, 0.1) is 16.7 Å². The Morgan fingerprint density at radius 1 is 0.885 bits per heavy atom. The fourth-order valence-corrected chi connectivity index (χ4v) is 4.12. The first kappa shape index (κ1) is 23.2. The Labute approximate surface area is 161 Å². The van der Waals surface area contributed by atoms with Crippen molar-refractivity contribution in [3.63, 3.8) is 0 Å². The second-order valence-electron chi connectivity index (χ2n) is 5.91. The van der Waals surface area contributed by atoms with Crippen LogP contribution in [0.4, 0.5) is 0 Å². The van der Waals surface area contributed by atoms with E-state index in [1.807, 2.05) is 0 Å². The van der Waals surface area contributed by atoms with Crippen molar-refractivity contribution in [3.8, 4) is 0 Å². The van der Waals surface area contributed by atoms with E-state index >= 15 is 0 Å². The van der Waals surface area contributed by atoms with E-state index in [0.717, 1.165) is 0 Å². The number of amides is 1. The molecule has 0 aliphatic carbocycles. The van der Waals surface area contributed by atoms with Crippen molar-refractivity contribution in [2.24, 2.45) is 0 Å². The van der Waals surface area contributed by atoms with Crippen LogP contribution in [0.1, 0.15) is 17.3 Å². The van der Waals surface area contributed by atoms with E-state index in [2.05, 4.69) is 5.32 Å². The van der Waals surface area contributed by atoms with Crippen molar-refractivity contribution in [3.05, 3.63) is 35.9 Å². The summed E-state index contributed by atoms with van der Waals surface area (Å²) >= 11 is 2.60. The predicted octanol–water partition coefficient (Wildman–Crippen LogP) is -0.339. The summed E-state index contributed by atoms with van der Waals surface area (Å²) in [6, 6.07) is 6.98. The minimum absolute atomic E-state index is 0.324. The molecule has 0 aliphatic rings.